The van der Waals surface area contributed by atoms with Crippen LogP contribution in [0.15, 0.2) is 60.6 Å². The van der Waals surface area contributed by atoms with Crippen molar-refractivity contribution >= 4 is 40.9 Å². The summed E-state index contributed by atoms with van der Waals surface area (Å²) in [6.45, 7) is 12.9. The van der Waals surface area contributed by atoms with E-state index in [4.69, 9.17) is 14.5 Å². The van der Waals surface area contributed by atoms with Gasteiger partial charge in [0.15, 0.2) is 0 Å². The van der Waals surface area contributed by atoms with Crippen molar-refractivity contribution in [2.24, 2.45) is 17.3 Å². The molecule has 71 heavy (non-hydrogen) atoms. The number of amides is 4. The van der Waals surface area contributed by atoms with Crippen LogP contribution in [0.3, 0.4) is 0 Å². The maximum atomic E-state index is 14.8. The Hall–Kier alpha value is -6.22. The smallest absolute Gasteiger partial charge is 0.324 e. The molecule has 4 amide bonds. The number of likely N-dealkylation sites (tertiary alicyclic amines) is 2. The fourth-order valence-electron chi connectivity index (χ4n) is 11.0. The first kappa shape index (κ1) is 51.1. The summed E-state index contributed by atoms with van der Waals surface area (Å²) in [5, 5.41) is 15.8. The number of ether oxygens (including phenoxy) is 2. The van der Waals surface area contributed by atoms with Gasteiger partial charge in [0.05, 0.1) is 36.6 Å². The molecule has 6 aliphatic heterocycles. The van der Waals surface area contributed by atoms with E-state index in [1.807, 2.05) is 39.1 Å². The zero-order chi connectivity index (χ0) is 50.7. The van der Waals surface area contributed by atoms with E-state index in [9.17, 15) is 29.1 Å². The highest BCUT2D eigenvalue weighted by Gasteiger charge is 2.43. The number of hydrogen-bond donors (Lipinski definition) is 3. The van der Waals surface area contributed by atoms with Gasteiger partial charge in [0.1, 0.15) is 30.0 Å². The van der Waals surface area contributed by atoms with Crippen molar-refractivity contribution in [3.8, 4) is 17.6 Å². The summed E-state index contributed by atoms with van der Waals surface area (Å²) in [7, 11) is 5.25. The lowest BCUT2D eigenvalue weighted by Gasteiger charge is -2.37. The lowest BCUT2D eigenvalue weighted by molar-refractivity contribution is -0.155. The van der Waals surface area contributed by atoms with Crippen molar-refractivity contribution < 1.29 is 38.6 Å². The van der Waals surface area contributed by atoms with Crippen LogP contribution in [0, 0.1) is 29.1 Å². The van der Waals surface area contributed by atoms with E-state index in [1.165, 1.54) is 9.91 Å². The summed E-state index contributed by atoms with van der Waals surface area (Å²) < 4.78 is 11.7. The van der Waals surface area contributed by atoms with E-state index in [2.05, 4.69) is 76.4 Å². The van der Waals surface area contributed by atoms with Gasteiger partial charge in [-0.05, 0) is 118 Å². The van der Waals surface area contributed by atoms with Crippen molar-refractivity contribution in [3.63, 3.8) is 0 Å². The van der Waals surface area contributed by atoms with Gasteiger partial charge in [-0.15, -0.1) is 0 Å². The molecule has 3 N–H and O–H groups in total. The number of benzene rings is 1. The number of esters is 1. The second-order valence-electron chi connectivity index (χ2n) is 21.0. The van der Waals surface area contributed by atoms with Crippen LogP contribution in [0.5, 0.6) is 5.75 Å². The van der Waals surface area contributed by atoms with E-state index >= 15 is 0 Å². The van der Waals surface area contributed by atoms with Gasteiger partial charge in [-0.3, -0.25) is 38.9 Å². The van der Waals surface area contributed by atoms with Gasteiger partial charge in [0.25, 0.3) is 11.8 Å². The molecule has 380 valence electrons. The highest BCUT2D eigenvalue weighted by molar-refractivity contribution is 5.95. The number of carbonyl (C=O) groups excluding carboxylic acids is 5. The highest BCUT2D eigenvalue weighted by Crippen LogP contribution is 2.45. The van der Waals surface area contributed by atoms with Gasteiger partial charge < -0.3 is 39.5 Å². The standard InChI is InChI=1S/C54H71N9O8/c1-9-61-46-18-16-36-31-62(46)45(49(61)41-14-10-21-55-44(41)32-70-8)29-54(4,5)33-71-53(69)42-15-12-23-63(57-42)52(68)43(27-35-25-38(36)28-40(64)26-35)56-50(66)48(34(2)3)59(7)51(67)37-20-24-60(30-37)47(65)19-17-39-13-11-22-58(39)6/h10,14,16,18,21,25-26,28,31,34,37,39,42-43,46,48,57,64H,9,11-13,15,20,22-24,27,29-30,32-33H2,1-8H3,(H,56,66)/t37-,39-,42-,43-,46?,48?/m0/s1. The predicted molar refractivity (Wildman–Crippen MR) is 267 cm³/mol. The molecule has 17 nitrogen and oxygen atoms in total. The molecule has 1 aromatic carbocycles. The fraction of sp³-hybridized carbons (Fsp3) is 0.556. The monoisotopic (exact) mass is 974 g/mol. The number of phenols is 1. The van der Waals surface area contributed by atoms with Crippen LogP contribution in [0.2, 0.25) is 0 Å². The minimum absolute atomic E-state index is 0.0140. The Balaban J connectivity index is 1.10. The number of fused-ring (bicyclic) bond motifs is 5. The molecule has 7 heterocycles. The van der Waals surface area contributed by atoms with Crippen LogP contribution in [-0.4, -0.2) is 160 Å². The van der Waals surface area contributed by atoms with Crippen molar-refractivity contribution in [1.82, 2.24) is 45.2 Å². The number of likely N-dealkylation sites (N-methyl/N-ethyl adjacent to an activating group) is 2. The van der Waals surface area contributed by atoms with Crippen LogP contribution in [0.4, 0.5) is 0 Å². The number of carbonyl (C=O) groups is 5. The Morgan fingerprint density at radius 3 is 2.62 bits per heavy atom. The molecule has 0 spiro atoms. The molecule has 1 aromatic heterocycles. The molecule has 6 bridgehead atoms. The second kappa shape index (κ2) is 21.6. The third-order valence-corrected chi connectivity index (χ3v) is 14.7. The molecule has 2 aromatic rings. The molecule has 2 unspecified atom stereocenters. The Bertz CT molecular complexity index is 2540. The van der Waals surface area contributed by atoms with E-state index < -0.39 is 47.2 Å². The second-order valence-corrected chi connectivity index (χ2v) is 21.0. The lowest BCUT2D eigenvalue weighted by Crippen LogP contribution is -2.62. The molecule has 0 saturated carbocycles. The molecule has 0 radical (unpaired) electrons. The predicted octanol–water partition coefficient (Wildman–Crippen LogP) is 4.10. The van der Waals surface area contributed by atoms with Gasteiger partial charge in [-0.25, -0.2) is 5.43 Å². The van der Waals surface area contributed by atoms with E-state index in [0.29, 0.717) is 56.5 Å². The van der Waals surface area contributed by atoms with E-state index in [0.717, 1.165) is 47.6 Å². The van der Waals surface area contributed by atoms with Crippen LogP contribution in [-0.2, 0) is 46.5 Å². The number of nitrogens with zero attached hydrogens (tertiary/aromatic N) is 7. The van der Waals surface area contributed by atoms with Gasteiger partial charge in [-0.2, -0.15) is 0 Å². The third-order valence-electron chi connectivity index (χ3n) is 14.7. The van der Waals surface area contributed by atoms with Crippen molar-refractivity contribution in [3.05, 3.63) is 83.0 Å². The fourth-order valence-corrected chi connectivity index (χ4v) is 11.0. The van der Waals surface area contributed by atoms with Crippen LogP contribution < -0.4 is 10.7 Å². The molecule has 6 aliphatic rings. The Kier molecular flexibility index (Phi) is 15.6. The largest absolute Gasteiger partial charge is 0.508 e. The first-order valence-corrected chi connectivity index (χ1v) is 25.2. The molecule has 0 aliphatic carbocycles. The number of nitrogens with one attached hydrogen (secondary N) is 2. The molecule has 6 atom stereocenters. The Morgan fingerprint density at radius 1 is 1.10 bits per heavy atom. The molecule has 8 rings (SSSR count). The summed E-state index contributed by atoms with van der Waals surface area (Å²) in [6, 6.07) is 6.28. The molecule has 3 saturated heterocycles. The normalized spacial score (nSPS) is 25.0. The average Bonchev–Trinajstić information content (AvgIpc) is 4.09. The van der Waals surface area contributed by atoms with Gasteiger partial charge in [0, 0.05) is 75.8 Å². The van der Waals surface area contributed by atoms with Gasteiger partial charge >= 0.3 is 5.97 Å². The van der Waals surface area contributed by atoms with Crippen LogP contribution in [0.25, 0.3) is 11.3 Å². The third kappa shape index (κ3) is 11.1. The number of aromatic nitrogens is 1. The summed E-state index contributed by atoms with van der Waals surface area (Å²) in [6.07, 6.45) is 11.7. The van der Waals surface area contributed by atoms with Gasteiger partial charge in [-0.1, -0.05) is 45.8 Å². The maximum Gasteiger partial charge on any atom is 0.324 e. The molecule has 17 heteroatoms. The van der Waals surface area contributed by atoms with Crippen molar-refractivity contribution in [2.45, 2.75) is 117 Å². The number of hydrogen-bond acceptors (Lipinski definition) is 13. The Labute approximate surface area is 418 Å². The van der Waals surface area contributed by atoms with Crippen molar-refractivity contribution in [2.75, 3.05) is 60.5 Å². The lowest BCUT2D eigenvalue weighted by atomic mass is 9.87. The summed E-state index contributed by atoms with van der Waals surface area (Å²) in [5.74, 6) is 2.94. The minimum Gasteiger partial charge on any atom is -0.508 e. The number of hydrazine groups is 1. The first-order valence-electron chi connectivity index (χ1n) is 25.2. The number of allylic oxidation sites excluding steroid dienone is 3. The topological polar surface area (TPSA) is 180 Å². The van der Waals surface area contributed by atoms with Gasteiger partial charge in [0.2, 0.25) is 11.8 Å². The van der Waals surface area contributed by atoms with Crippen molar-refractivity contribution in [1.29, 1.82) is 0 Å². The molecular weight excluding hydrogens is 903 g/mol. The van der Waals surface area contributed by atoms with Crippen LogP contribution >= 0.6 is 0 Å². The zero-order valence-electron chi connectivity index (χ0n) is 42.6. The van der Waals surface area contributed by atoms with Crippen LogP contribution in [0.1, 0.15) is 95.5 Å². The maximum absolute atomic E-state index is 14.8. The number of pyridine rings is 1. The number of methoxy groups -OCH3 is 1. The Morgan fingerprint density at radius 2 is 1.89 bits per heavy atom. The van der Waals surface area contributed by atoms with E-state index in [-0.39, 0.29) is 61.8 Å². The first-order chi connectivity index (χ1) is 34.0. The molecular formula is C54H71N9O8. The number of aromatic hydroxyl groups is 1. The number of cyclic esters (lactones) is 1. The summed E-state index contributed by atoms with van der Waals surface area (Å²) in [4.78, 5) is 85.3. The minimum atomic E-state index is -1.17. The SMILES string of the molecule is CCN1C(c2cccnc2COC)=C2CC(C)(C)COC(=O)[C@@H]3CCCN(N3)C(=O)[C@@H](NC(=O)C(C(C)C)N(C)C(=O)[C@H]3CCN(C(=O)C#C[C@@H]4CCCN4C)C3)Cc3cc(O)cc(c3)C3=CN2C1C=C3. The zero-order valence-corrected chi connectivity index (χ0v) is 42.6. The van der Waals surface area contributed by atoms with E-state index in [1.54, 1.807) is 37.4 Å². The summed E-state index contributed by atoms with van der Waals surface area (Å²) >= 11 is 0. The summed E-state index contributed by atoms with van der Waals surface area (Å²) in [5.41, 5.74) is 8.46. The highest BCUT2D eigenvalue weighted by atomic mass is 16.5. The number of rotatable bonds is 9. The average molecular weight is 974 g/mol. The molecule has 3 fully saturated rings. The number of phenolic OH excluding ortho intramolecular Hbond substituents is 1. The quantitative estimate of drug-likeness (QED) is 0.242.